The molecule has 10 heteroatoms. The monoisotopic (exact) mass is 418 g/mol. The number of rotatable bonds is 8. The molecule has 0 fully saturated rings. The molecule has 10 nitrogen and oxygen atoms in total. The van der Waals surface area contributed by atoms with Crippen molar-refractivity contribution in [3.63, 3.8) is 0 Å². The molecule has 2 aromatic carbocycles. The molecule has 0 aliphatic rings. The average Bonchev–Trinajstić information content (AvgIpc) is 2.75. The summed E-state index contributed by atoms with van der Waals surface area (Å²) >= 11 is 0. The van der Waals surface area contributed by atoms with Crippen molar-refractivity contribution in [2.75, 3.05) is 13.1 Å². The summed E-state index contributed by atoms with van der Waals surface area (Å²) in [6.07, 6.45) is -1.47. The zero-order chi connectivity index (χ0) is 22.2. The Morgan fingerprint density at radius 2 is 0.967 bits per heavy atom. The van der Waals surface area contributed by atoms with Crippen molar-refractivity contribution in [2.45, 2.75) is 13.2 Å². The third-order valence-electron chi connectivity index (χ3n) is 3.19. The number of nitrogens with one attached hydrogen (secondary N) is 2. The number of ether oxygens (including phenoxy) is 2. The summed E-state index contributed by atoms with van der Waals surface area (Å²) in [6.45, 7) is -0.611. The molecule has 0 bridgehead atoms. The topological polar surface area (TPSA) is 151 Å². The van der Waals surface area contributed by atoms with E-state index in [-0.39, 0.29) is 13.2 Å². The molecule has 0 unspecified atom stereocenters. The molecule has 2 rings (SSSR count). The lowest BCUT2D eigenvalue weighted by molar-refractivity contribution is -0.136. The molecule has 0 atom stereocenters. The molecule has 0 saturated heterocycles. The van der Waals surface area contributed by atoms with E-state index in [4.69, 9.17) is 19.7 Å². The van der Waals surface area contributed by atoms with E-state index in [0.29, 0.717) is 0 Å². The highest BCUT2D eigenvalue weighted by Crippen LogP contribution is 2.01. The van der Waals surface area contributed by atoms with Gasteiger partial charge in [0.05, 0.1) is 0 Å². The standard InChI is InChI=1S/2C10H11NO4/c2*12-9(13)6-11-10(14)15-7-8-4-2-1-3-5-8/h2*1-5H,6-7H2,(H,11,14)(H,12,13). The third kappa shape index (κ3) is 12.3. The Bertz CT molecular complexity index is 743. The largest absolute Gasteiger partial charge is 0.480 e. The van der Waals surface area contributed by atoms with E-state index in [2.05, 4.69) is 10.6 Å². The van der Waals surface area contributed by atoms with Crippen molar-refractivity contribution >= 4 is 24.1 Å². The van der Waals surface area contributed by atoms with Crippen molar-refractivity contribution in [2.24, 2.45) is 0 Å². The highest BCUT2D eigenvalue weighted by atomic mass is 16.6. The maximum absolute atomic E-state index is 10.9. The molecule has 0 saturated carbocycles. The lowest BCUT2D eigenvalue weighted by atomic mass is 10.2. The average molecular weight is 418 g/mol. The predicted molar refractivity (Wildman–Crippen MR) is 105 cm³/mol. The van der Waals surface area contributed by atoms with Gasteiger partial charge in [0.25, 0.3) is 0 Å². The van der Waals surface area contributed by atoms with E-state index in [1.54, 1.807) is 0 Å². The van der Waals surface area contributed by atoms with Gasteiger partial charge in [-0.25, -0.2) is 9.59 Å². The number of benzene rings is 2. The molecule has 0 radical (unpaired) electrons. The fourth-order valence-electron chi connectivity index (χ4n) is 1.84. The van der Waals surface area contributed by atoms with Crippen LogP contribution in [0.15, 0.2) is 60.7 Å². The molecule has 0 aliphatic carbocycles. The number of alkyl carbamates (subject to hydrolysis) is 2. The van der Waals surface area contributed by atoms with Gasteiger partial charge in [-0.15, -0.1) is 0 Å². The number of carbonyl (C=O) groups is 4. The molecule has 2 aromatic rings. The van der Waals surface area contributed by atoms with Crippen LogP contribution >= 0.6 is 0 Å². The number of aliphatic carboxylic acids is 2. The Kier molecular flexibility index (Phi) is 11.2. The van der Waals surface area contributed by atoms with Crippen LogP contribution < -0.4 is 10.6 Å². The van der Waals surface area contributed by atoms with Gasteiger partial charge in [0.15, 0.2) is 0 Å². The van der Waals surface area contributed by atoms with Crippen LogP contribution in [0.5, 0.6) is 0 Å². The minimum absolute atomic E-state index is 0.131. The zero-order valence-electron chi connectivity index (χ0n) is 15.9. The summed E-state index contributed by atoms with van der Waals surface area (Å²) in [5.41, 5.74) is 1.70. The van der Waals surface area contributed by atoms with E-state index in [9.17, 15) is 19.2 Å². The number of carboxylic acid groups (broad SMARTS) is 2. The van der Waals surface area contributed by atoms with E-state index >= 15 is 0 Å². The fourth-order valence-corrected chi connectivity index (χ4v) is 1.84. The van der Waals surface area contributed by atoms with Crippen LogP contribution in [0.1, 0.15) is 11.1 Å². The van der Waals surface area contributed by atoms with Gasteiger partial charge < -0.3 is 30.3 Å². The number of amides is 2. The number of hydrogen-bond donors (Lipinski definition) is 4. The molecule has 2 amide bonds. The van der Waals surface area contributed by atoms with Crippen molar-refractivity contribution in [1.82, 2.24) is 10.6 Å². The summed E-state index contributed by atoms with van der Waals surface area (Å²) < 4.78 is 9.53. The number of hydrogen-bond acceptors (Lipinski definition) is 6. The molecule has 30 heavy (non-hydrogen) atoms. The number of carboxylic acids is 2. The summed E-state index contributed by atoms with van der Waals surface area (Å²) in [7, 11) is 0. The summed E-state index contributed by atoms with van der Waals surface area (Å²) in [6, 6.07) is 18.3. The third-order valence-corrected chi connectivity index (χ3v) is 3.19. The first kappa shape index (κ1) is 24.0. The Morgan fingerprint density at radius 1 is 0.633 bits per heavy atom. The Labute approximate surface area is 172 Å². The first-order valence-corrected chi connectivity index (χ1v) is 8.69. The molecule has 0 aliphatic heterocycles. The van der Waals surface area contributed by atoms with Gasteiger partial charge in [-0.3, -0.25) is 9.59 Å². The molecule has 0 aromatic heterocycles. The van der Waals surface area contributed by atoms with E-state index < -0.39 is 37.2 Å². The Balaban J connectivity index is 0.000000300. The zero-order valence-corrected chi connectivity index (χ0v) is 15.9. The molecule has 160 valence electrons. The van der Waals surface area contributed by atoms with Crippen molar-refractivity contribution in [3.8, 4) is 0 Å². The Morgan fingerprint density at radius 3 is 1.27 bits per heavy atom. The highest BCUT2D eigenvalue weighted by Gasteiger charge is 2.05. The van der Waals surface area contributed by atoms with Crippen molar-refractivity contribution in [3.05, 3.63) is 71.8 Å². The van der Waals surface area contributed by atoms with Crippen LogP contribution in [0.2, 0.25) is 0 Å². The van der Waals surface area contributed by atoms with Gasteiger partial charge in [0.2, 0.25) is 0 Å². The second-order valence-corrected chi connectivity index (χ2v) is 5.62. The maximum Gasteiger partial charge on any atom is 0.407 e. The minimum atomic E-state index is -1.10. The SMILES string of the molecule is O=C(O)CNC(=O)OCc1ccccc1.O=C(O)CNC(=O)OCc1ccccc1. The molecule has 0 heterocycles. The van der Waals surface area contributed by atoms with Crippen LogP contribution in [0, 0.1) is 0 Å². The minimum Gasteiger partial charge on any atom is -0.480 e. The smallest absolute Gasteiger partial charge is 0.407 e. The Hall–Kier alpha value is -4.08. The number of carbonyl (C=O) groups excluding carboxylic acids is 2. The highest BCUT2D eigenvalue weighted by molar-refractivity contribution is 5.76. The second kappa shape index (κ2) is 14.0. The van der Waals surface area contributed by atoms with Crippen LogP contribution in [-0.4, -0.2) is 47.4 Å². The van der Waals surface area contributed by atoms with Gasteiger partial charge in [0.1, 0.15) is 26.3 Å². The van der Waals surface area contributed by atoms with Crippen LogP contribution in [0.25, 0.3) is 0 Å². The lowest BCUT2D eigenvalue weighted by Crippen LogP contribution is -2.29. The van der Waals surface area contributed by atoms with E-state index in [1.165, 1.54) is 0 Å². The molecule has 0 spiro atoms. The fraction of sp³-hybridized carbons (Fsp3) is 0.200. The van der Waals surface area contributed by atoms with Crippen LogP contribution in [-0.2, 0) is 32.3 Å². The van der Waals surface area contributed by atoms with Crippen molar-refractivity contribution in [1.29, 1.82) is 0 Å². The quantitative estimate of drug-likeness (QED) is 0.508. The van der Waals surface area contributed by atoms with Crippen molar-refractivity contribution < 1.29 is 38.9 Å². The second-order valence-electron chi connectivity index (χ2n) is 5.62. The van der Waals surface area contributed by atoms with Crippen LogP contribution in [0.4, 0.5) is 9.59 Å². The first-order chi connectivity index (χ1) is 14.4. The molecular formula is C20H22N2O8. The van der Waals surface area contributed by atoms with Gasteiger partial charge in [-0.05, 0) is 11.1 Å². The van der Waals surface area contributed by atoms with Gasteiger partial charge in [-0.2, -0.15) is 0 Å². The molecule has 4 N–H and O–H groups in total. The first-order valence-electron chi connectivity index (χ1n) is 8.69. The summed E-state index contributed by atoms with van der Waals surface area (Å²) in [5.74, 6) is -2.21. The normalized spacial score (nSPS) is 9.33. The summed E-state index contributed by atoms with van der Waals surface area (Å²) in [4.78, 5) is 42.1. The lowest BCUT2D eigenvalue weighted by Gasteiger charge is -2.04. The predicted octanol–water partition coefficient (Wildman–Crippen LogP) is 1.99. The van der Waals surface area contributed by atoms with E-state index in [1.807, 2.05) is 60.7 Å². The van der Waals surface area contributed by atoms with Gasteiger partial charge in [0, 0.05) is 0 Å². The summed E-state index contributed by atoms with van der Waals surface area (Å²) in [5, 5.41) is 20.7. The maximum atomic E-state index is 10.9. The molecular weight excluding hydrogens is 396 g/mol. The van der Waals surface area contributed by atoms with Gasteiger partial charge >= 0.3 is 24.1 Å². The van der Waals surface area contributed by atoms with Gasteiger partial charge in [-0.1, -0.05) is 60.7 Å². The van der Waals surface area contributed by atoms with E-state index in [0.717, 1.165) is 11.1 Å². The van der Waals surface area contributed by atoms with Crippen LogP contribution in [0.3, 0.4) is 0 Å².